The summed E-state index contributed by atoms with van der Waals surface area (Å²) in [5.74, 6) is -0.473. The molecule has 4 nitrogen and oxygen atoms in total. The van der Waals surface area contributed by atoms with Gasteiger partial charge in [-0.2, -0.15) is 0 Å². The Hall–Kier alpha value is -0.750. The fourth-order valence-corrected chi connectivity index (χ4v) is 1.50. The molecule has 6 heteroatoms. The summed E-state index contributed by atoms with van der Waals surface area (Å²) in [5, 5.41) is 8.66. The van der Waals surface area contributed by atoms with Gasteiger partial charge in [-0.05, 0) is 0 Å². The van der Waals surface area contributed by atoms with Gasteiger partial charge in [0.1, 0.15) is 6.04 Å². The molecule has 14 heavy (non-hydrogen) atoms. The highest BCUT2D eigenvalue weighted by molar-refractivity contribution is 5.77. The van der Waals surface area contributed by atoms with E-state index in [0.29, 0.717) is 6.42 Å². The summed E-state index contributed by atoms with van der Waals surface area (Å²) < 4.78 is 28.9. The lowest BCUT2D eigenvalue weighted by Gasteiger charge is -2.24. The molecule has 0 spiro atoms. The number of carbonyl (C=O) groups excluding carboxylic acids is 1. The quantitative estimate of drug-likeness (QED) is 0.640. The van der Waals surface area contributed by atoms with Crippen molar-refractivity contribution in [3.05, 3.63) is 0 Å². The van der Waals surface area contributed by atoms with Crippen LogP contribution in [0, 0.1) is 0 Å². The van der Waals surface area contributed by atoms with Crippen molar-refractivity contribution in [2.24, 2.45) is 0 Å². The van der Waals surface area contributed by atoms with E-state index in [4.69, 9.17) is 5.11 Å². The van der Waals surface area contributed by atoms with E-state index in [1.807, 2.05) is 0 Å². The molecule has 0 aromatic rings. The van der Waals surface area contributed by atoms with Crippen LogP contribution in [0.1, 0.15) is 6.42 Å². The van der Waals surface area contributed by atoms with Crippen molar-refractivity contribution in [3.8, 4) is 0 Å². The highest BCUT2D eigenvalue weighted by atomic mass is 19.3. The number of carbonyl (C=O) groups is 1. The van der Waals surface area contributed by atoms with E-state index in [0.717, 1.165) is 0 Å². The summed E-state index contributed by atoms with van der Waals surface area (Å²) in [7, 11) is 0. The average Bonchev–Trinajstić information content (AvgIpc) is 2.50. The van der Waals surface area contributed by atoms with Gasteiger partial charge < -0.3 is 9.84 Å². The van der Waals surface area contributed by atoms with E-state index in [2.05, 4.69) is 4.74 Å². The molecular formula is C8H13F2NO3. The van der Waals surface area contributed by atoms with E-state index in [1.54, 1.807) is 0 Å². The summed E-state index contributed by atoms with van der Waals surface area (Å²) in [5.41, 5.74) is 0. The van der Waals surface area contributed by atoms with Crippen LogP contribution in [0.5, 0.6) is 0 Å². The molecule has 1 heterocycles. The van der Waals surface area contributed by atoms with Crippen molar-refractivity contribution in [2.45, 2.75) is 18.9 Å². The van der Waals surface area contributed by atoms with Crippen LogP contribution in [-0.4, -0.2) is 54.7 Å². The summed E-state index contributed by atoms with van der Waals surface area (Å²) in [4.78, 5) is 12.3. The molecule has 82 valence electrons. The van der Waals surface area contributed by atoms with Crippen molar-refractivity contribution < 1.29 is 23.4 Å². The highest BCUT2D eigenvalue weighted by Crippen LogP contribution is 2.14. The van der Waals surface area contributed by atoms with Crippen LogP contribution in [0.15, 0.2) is 0 Å². The second-order valence-electron chi connectivity index (χ2n) is 3.08. The largest absolute Gasteiger partial charge is 0.464 e. The van der Waals surface area contributed by atoms with Gasteiger partial charge in [0, 0.05) is 13.0 Å². The number of aliphatic hydroxyl groups excluding tert-OH is 1. The molecule has 1 aliphatic rings. The first-order chi connectivity index (χ1) is 6.65. The third-order valence-electron chi connectivity index (χ3n) is 2.11. The number of halogens is 2. The van der Waals surface area contributed by atoms with Crippen molar-refractivity contribution in [1.82, 2.24) is 4.90 Å². The van der Waals surface area contributed by atoms with Crippen molar-refractivity contribution in [2.75, 3.05) is 26.3 Å². The molecule has 0 aromatic carbocycles. The lowest BCUT2D eigenvalue weighted by Crippen LogP contribution is -2.43. The molecule has 0 bridgehead atoms. The lowest BCUT2D eigenvalue weighted by molar-refractivity contribution is -0.142. The number of rotatable bonds is 5. The van der Waals surface area contributed by atoms with E-state index >= 15 is 0 Å². The monoisotopic (exact) mass is 209 g/mol. The fourth-order valence-electron chi connectivity index (χ4n) is 1.50. The lowest BCUT2D eigenvalue weighted by atomic mass is 10.2. The maximum atomic E-state index is 12.1. The summed E-state index contributed by atoms with van der Waals surface area (Å²) in [6.07, 6.45) is -2.08. The molecule has 0 saturated carbocycles. The standard InChI is InChI=1S/C8H13F2NO3/c9-7(10)5-11(2-3-12)6-1-4-14-8(6)13/h6-7,12H,1-5H2. The van der Waals surface area contributed by atoms with Crippen molar-refractivity contribution >= 4 is 5.97 Å². The van der Waals surface area contributed by atoms with Crippen LogP contribution in [0.3, 0.4) is 0 Å². The van der Waals surface area contributed by atoms with Gasteiger partial charge in [-0.1, -0.05) is 0 Å². The van der Waals surface area contributed by atoms with Crippen LogP contribution in [0.4, 0.5) is 8.78 Å². The highest BCUT2D eigenvalue weighted by Gasteiger charge is 2.33. The Bertz CT molecular complexity index is 201. The summed E-state index contributed by atoms with van der Waals surface area (Å²) in [6.45, 7) is -0.393. The second kappa shape index (κ2) is 5.21. The Morgan fingerprint density at radius 2 is 2.36 bits per heavy atom. The van der Waals surface area contributed by atoms with E-state index in [9.17, 15) is 13.6 Å². The van der Waals surface area contributed by atoms with Crippen LogP contribution in [0.2, 0.25) is 0 Å². The molecule has 0 radical (unpaired) electrons. The molecule has 1 saturated heterocycles. The number of alkyl halides is 2. The Balaban J connectivity index is 2.52. The van der Waals surface area contributed by atoms with Crippen LogP contribution in [0.25, 0.3) is 0 Å². The fraction of sp³-hybridized carbons (Fsp3) is 0.875. The maximum absolute atomic E-state index is 12.1. The SMILES string of the molecule is O=C1OCCC1N(CCO)CC(F)F. The van der Waals surface area contributed by atoms with Gasteiger partial charge >= 0.3 is 5.97 Å². The number of esters is 1. The number of ether oxygens (including phenoxy) is 1. The van der Waals surface area contributed by atoms with Crippen LogP contribution >= 0.6 is 0 Å². The normalized spacial score (nSPS) is 22.1. The van der Waals surface area contributed by atoms with E-state index in [1.165, 1.54) is 4.90 Å². The zero-order valence-electron chi connectivity index (χ0n) is 7.66. The third kappa shape index (κ3) is 2.88. The number of cyclic esters (lactones) is 1. The van der Waals surface area contributed by atoms with Crippen LogP contribution in [-0.2, 0) is 9.53 Å². The Kier molecular flexibility index (Phi) is 4.21. The topological polar surface area (TPSA) is 49.8 Å². The zero-order valence-corrected chi connectivity index (χ0v) is 7.66. The minimum atomic E-state index is -2.50. The molecule has 0 aromatic heterocycles. The number of hydrogen-bond acceptors (Lipinski definition) is 4. The van der Waals surface area contributed by atoms with Crippen molar-refractivity contribution in [1.29, 1.82) is 0 Å². The third-order valence-corrected chi connectivity index (χ3v) is 2.11. The molecule has 0 amide bonds. The molecular weight excluding hydrogens is 196 g/mol. The summed E-state index contributed by atoms with van der Waals surface area (Å²) >= 11 is 0. The molecule has 1 fully saturated rings. The van der Waals surface area contributed by atoms with Gasteiger partial charge in [-0.3, -0.25) is 9.69 Å². The van der Waals surface area contributed by atoms with Gasteiger partial charge in [0.05, 0.1) is 19.8 Å². The van der Waals surface area contributed by atoms with E-state index < -0.39 is 25.0 Å². The van der Waals surface area contributed by atoms with Gasteiger partial charge in [0.2, 0.25) is 0 Å². The maximum Gasteiger partial charge on any atom is 0.323 e. The molecule has 1 atom stereocenters. The average molecular weight is 209 g/mol. The zero-order chi connectivity index (χ0) is 10.6. The molecule has 1 N–H and O–H groups in total. The smallest absolute Gasteiger partial charge is 0.323 e. The molecule has 1 aliphatic heterocycles. The Labute approximate surface area is 80.4 Å². The van der Waals surface area contributed by atoms with Crippen molar-refractivity contribution in [3.63, 3.8) is 0 Å². The van der Waals surface area contributed by atoms with E-state index in [-0.39, 0.29) is 19.8 Å². The summed E-state index contributed by atoms with van der Waals surface area (Å²) in [6, 6.07) is -0.615. The van der Waals surface area contributed by atoms with Gasteiger partial charge in [-0.25, -0.2) is 8.78 Å². The number of hydrogen-bond donors (Lipinski definition) is 1. The minimum absolute atomic E-state index is 0.0735. The minimum Gasteiger partial charge on any atom is -0.464 e. The molecule has 0 aliphatic carbocycles. The number of aliphatic hydroxyl groups is 1. The Morgan fingerprint density at radius 3 is 2.79 bits per heavy atom. The van der Waals surface area contributed by atoms with Crippen LogP contribution < -0.4 is 0 Å². The first-order valence-corrected chi connectivity index (χ1v) is 4.45. The number of nitrogens with zero attached hydrogens (tertiary/aromatic N) is 1. The van der Waals surface area contributed by atoms with Gasteiger partial charge in [0.15, 0.2) is 0 Å². The first-order valence-electron chi connectivity index (χ1n) is 4.45. The van der Waals surface area contributed by atoms with Gasteiger partial charge in [0.25, 0.3) is 6.43 Å². The second-order valence-corrected chi connectivity index (χ2v) is 3.08. The Morgan fingerprint density at radius 1 is 1.64 bits per heavy atom. The molecule has 1 unspecified atom stereocenters. The first kappa shape index (κ1) is 11.3. The van der Waals surface area contributed by atoms with Gasteiger partial charge in [-0.15, -0.1) is 0 Å². The molecule has 1 rings (SSSR count). The predicted octanol–water partition coefficient (Wildman–Crippen LogP) is -0.139. The predicted molar refractivity (Wildman–Crippen MR) is 44.0 cm³/mol.